The molecule has 6 nitrogen and oxygen atoms in total. The average molecular weight is 270 g/mol. The van der Waals surface area contributed by atoms with Gasteiger partial charge in [0.25, 0.3) is 5.89 Å². The Morgan fingerprint density at radius 3 is 2.85 bits per heavy atom. The number of nitrogens with zero attached hydrogens (tertiary/aromatic N) is 3. The molecule has 1 atom stereocenters. The fraction of sp³-hybridized carbons (Fsp3) is 0.214. The summed E-state index contributed by atoms with van der Waals surface area (Å²) < 4.78 is 5.29. The van der Waals surface area contributed by atoms with E-state index < -0.39 is 0 Å². The van der Waals surface area contributed by atoms with Crippen LogP contribution in [0.2, 0.25) is 0 Å². The highest BCUT2D eigenvalue weighted by Gasteiger charge is 2.19. The third-order valence-corrected chi connectivity index (χ3v) is 3.06. The molecule has 3 aromatic rings. The number of benzene rings is 1. The van der Waals surface area contributed by atoms with Crippen molar-refractivity contribution in [2.45, 2.75) is 18.9 Å². The van der Waals surface area contributed by atoms with E-state index in [0.29, 0.717) is 24.6 Å². The first-order chi connectivity index (χ1) is 9.81. The van der Waals surface area contributed by atoms with E-state index in [-0.39, 0.29) is 6.04 Å². The van der Waals surface area contributed by atoms with Gasteiger partial charge in [0.15, 0.2) is 11.9 Å². The molecule has 0 radical (unpaired) electrons. The second-order valence-corrected chi connectivity index (χ2v) is 4.69. The van der Waals surface area contributed by atoms with Crippen molar-refractivity contribution in [3.05, 3.63) is 65.8 Å². The highest BCUT2D eigenvalue weighted by molar-refractivity contribution is 5.18. The number of aromatic nitrogens is 4. The summed E-state index contributed by atoms with van der Waals surface area (Å²) in [6, 6.07) is 10.00. The summed E-state index contributed by atoms with van der Waals surface area (Å²) in [5.74, 6) is 1.25. The molecular weight excluding hydrogens is 254 g/mol. The van der Waals surface area contributed by atoms with Gasteiger partial charge in [0.05, 0.1) is 12.7 Å². The Kier molecular flexibility index (Phi) is 3.56. The number of rotatable bonds is 5. The van der Waals surface area contributed by atoms with Gasteiger partial charge in [-0.2, -0.15) is 4.98 Å². The smallest absolute Gasteiger partial charge is 0.285 e. The van der Waals surface area contributed by atoms with Crippen molar-refractivity contribution in [1.29, 1.82) is 0 Å². The maximum atomic E-state index is 5.29. The minimum Gasteiger partial charge on any atom is -0.348 e. The van der Waals surface area contributed by atoms with Crippen LogP contribution in [0.15, 0.2) is 47.4 Å². The lowest BCUT2D eigenvalue weighted by Gasteiger charge is -2.00. The molecule has 0 spiro atoms. The summed E-state index contributed by atoms with van der Waals surface area (Å²) >= 11 is 0. The SMILES string of the molecule is [NH3+][C@@H](Cc1cnc[nH]1)c1nc(Cc2ccccc2)no1. The molecule has 2 heterocycles. The fourth-order valence-corrected chi connectivity index (χ4v) is 2.03. The molecule has 0 aliphatic heterocycles. The van der Waals surface area contributed by atoms with E-state index in [9.17, 15) is 0 Å². The Morgan fingerprint density at radius 2 is 2.10 bits per heavy atom. The van der Waals surface area contributed by atoms with Gasteiger partial charge < -0.3 is 15.2 Å². The predicted octanol–water partition coefficient (Wildman–Crippen LogP) is 0.909. The molecule has 0 saturated heterocycles. The van der Waals surface area contributed by atoms with E-state index in [0.717, 1.165) is 11.3 Å². The molecule has 0 saturated carbocycles. The summed E-state index contributed by atoms with van der Waals surface area (Å²) in [6.07, 6.45) is 4.80. The van der Waals surface area contributed by atoms with Gasteiger partial charge >= 0.3 is 0 Å². The summed E-state index contributed by atoms with van der Waals surface area (Å²) in [7, 11) is 0. The number of H-pyrrole nitrogens is 1. The predicted molar refractivity (Wildman–Crippen MR) is 71.5 cm³/mol. The van der Waals surface area contributed by atoms with Gasteiger partial charge in [0.1, 0.15) is 0 Å². The Bertz CT molecular complexity index is 647. The van der Waals surface area contributed by atoms with Crippen LogP contribution in [0.25, 0.3) is 0 Å². The van der Waals surface area contributed by atoms with E-state index in [2.05, 4.69) is 25.8 Å². The average Bonchev–Trinajstić information content (AvgIpc) is 3.11. The first-order valence-electron chi connectivity index (χ1n) is 6.48. The third-order valence-electron chi connectivity index (χ3n) is 3.06. The second kappa shape index (κ2) is 5.66. The number of quaternary nitrogens is 1. The van der Waals surface area contributed by atoms with Crippen molar-refractivity contribution in [3.8, 4) is 0 Å². The van der Waals surface area contributed by atoms with E-state index in [4.69, 9.17) is 4.52 Å². The number of nitrogens with one attached hydrogen (secondary N) is 1. The van der Waals surface area contributed by atoms with Crippen molar-refractivity contribution < 1.29 is 10.3 Å². The number of hydrogen-bond donors (Lipinski definition) is 2. The van der Waals surface area contributed by atoms with Crippen LogP contribution in [-0.2, 0) is 12.8 Å². The van der Waals surface area contributed by atoms with Gasteiger partial charge in [-0.1, -0.05) is 35.5 Å². The van der Waals surface area contributed by atoms with Crippen LogP contribution in [0, 0.1) is 0 Å². The molecular formula is C14H16N5O+. The van der Waals surface area contributed by atoms with Crippen LogP contribution in [0.3, 0.4) is 0 Å². The van der Waals surface area contributed by atoms with Crippen LogP contribution in [0.1, 0.15) is 29.0 Å². The van der Waals surface area contributed by atoms with Crippen LogP contribution >= 0.6 is 0 Å². The molecule has 0 aliphatic rings. The minimum atomic E-state index is -0.0764. The number of imidazole rings is 1. The second-order valence-electron chi connectivity index (χ2n) is 4.69. The van der Waals surface area contributed by atoms with Crippen molar-refractivity contribution in [2.24, 2.45) is 0 Å². The topological polar surface area (TPSA) is 95.2 Å². The first kappa shape index (κ1) is 12.6. The van der Waals surface area contributed by atoms with Crippen molar-refractivity contribution in [1.82, 2.24) is 20.1 Å². The maximum absolute atomic E-state index is 5.29. The standard InChI is InChI=1S/C14H15N5O/c15-12(7-11-8-16-9-17-11)14-18-13(19-20-14)6-10-4-2-1-3-5-10/h1-5,8-9,12H,6-7,15H2,(H,16,17)/p+1/t12-/m0/s1. The monoisotopic (exact) mass is 270 g/mol. The normalized spacial score (nSPS) is 12.4. The maximum Gasteiger partial charge on any atom is 0.285 e. The van der Waals surface area contributed by atoms with Crippen molar-refractivity contribution in [3.63, 3.8) is 0 Å². The molecule has 3 rings (SSSR count). The van der Waals surface area contributed by atoms with E-state index in [1.54, 1.807) is 12.5 Å². The van der Waals surface area contributed by atoms with Crippen LogP contribution in [-0.4, -0.2) is 20.1 Å². The lowest BCUT2D eigenvalue weighted by molar-refractivity contribution is -0.431. The van der Waals surface area contributed by atoms with Crippen LogP contribution in [0.4, 0.5) is 0 Å². The molecule has 0 amide bonds. The van der Waals surface area contributed by atoms with Gasteiger partial charge in [-0.15, -0.1) is 0 Å². The largest absolute Gasteiger partial charge is 0.348 e. The molecule has 6 heteroatoms. The van der Waals surface area contributed by atoms with Crippen LogP contribution in [0.5, 0.6) is 0 Å². The minimum absolute atomic E-state index is 0.0764. The van der Waals surface area contributed by atoms with E-state index in [1.165, 1.54) is 0 Å². The summed E-state index contributed by atoms with van der Waals surface area (Å²) in [5.41, 5.74) is 6.23. The lowest BCUT2D eigenvalue weighted by atomic mass is 10.1. The Hall–Kier alpha value is -2.47. The van der Waals surface area contributed by atoms with Crippen molar-refractivity contribution >= 4 is 0 Å². The molecule has 0 fully saturated rings. The van der Waals surface area contributed by atoms with Gasteiger partial charge in [-0.25, -0.2) is 4.98 Å². The molecule has 102 valence electrons. The highest BCUT2D eigenvalue weighted by Crippen LogP contribution is 2.12. The third kappa shape index (κ3) is 2.92. The number of hydrogen-bond acceptors (Lipinski definition) is 4. The molecule has 1 aromatic carbocycles. The first-order valence-corrected chi connectivity index (χ1v) is 6.48. The molecule has 20 heavy (non-hydrogen) atoms. The fourth-order valence-electron chi connectivity index (χ4n) is 2.03. The number of aromatic amines is 1. The quantitative estimate of drug-likeness (QED) is 0.720. The van der Waals surface area contributed by atoms with Crippen molar-refractivity contribution in [2.75, 3.05) is 0 Å². The van der Waals surface area contributed by atoms with Gasteiger partial charge in [-0.3, -0.25) is 0 Å². The van der Waals surface area contributed by atoms with Gasteiger partial charge in [0.2, 0.25) is 0 Å². The molecule has 0 unspecified atom stereocenters. The Labute approximate surface area is 116 Å². The molecule has 4 N–H and O–H groups in total. The molecule has 0 aliphatic carbocycles. The Morgan fingerprint density at radius 1 is 1.25 bits per heavy atom. The summed E-state index contributed by atoms with van der Waals surface area (Å²) in [4.78, 5) is 11.4. The van der Waals surface area contributed by atoms with E-state index in [1.807, 2.05) is 30.3 Å². The summed E-state index contributed by atoms with van der Waals surface area (Å²) in [6.45, 7) is 0. The zero-order valence-corrected chi connectivity index (χ0v) is 11.0. The molecule has 0 bridgehead atoms. The van der Waals surface area contributed by atoms with Crippen LogP contribution < -0.4 is 5.73 Å². The van der Waals surface area contributed by atoms with Gasteiger partial charge in [-0.05, 0) is 5.56 Å². The zero-order valence-electron chi connectivity index (χ0n) is 11.0. The Balaban J connectivity index is 1.67. The summed E-state index contributed by atoms with van der Waals surface area (Å²) in [5, 5.41) is 4.01. The molecule has 2 aromatic heterocycles. The van der Waals surface area contributed by atoms with E-state index >= 15 is 0 Å². The lowest BCUT2D eigenvalue weighted by Crippen LogP contribution is -2.54. The highest BCUT2D eigenvalue weighted by atomic mass is 16.5. The van der Waals surface area contributed by atoms with Gasteiger partial charge in [0, 0.05) is 18.3 Å². The zero-order chi connectivity index (χ0) is 13.8.